The van der Waals surface area contributed by atoms with Crippen LogP contribution in [0.25, 0.3) is 44.1 Å². The van der Waals surface area contributed by atoms with Crippen LogP contribution in [-0.2, 0) is 0 Å². The average Bonchev–Trinajstić information content (AvgIpc) is 2.74. The number of pyridine rings is 2. The van der Waals surface area contributed by atoms with E-state index in [-0.39, 0.29) is 0 Å². The largest absolute Gasteiger partial charge is 0.255 e. The fourth-order valence-electron chi connectivity index (χ4n) is 3.56. The first-order chi connectivity index (χ1) is 12.9. The fourth-order valence-corrected chi connectivity index (χ4v) is 3.56. The first-order valence-electron chi connectivity index (χ1n) is 8.69. The Morgan fingerprint density at radius 2 is 1.38 bits per heavy atom. The molecule has 0 aliphatic rings. The zero-order chi connectivity index (χ0) is 17.3. The van der Waals surface area contributed by atoms with Gasteiger partial charge in [-0.1, -0.05) is 72.8 Å². The maximum atomic E-state index is 4.84. The maximum absolute atomic E-state index is 4.84. The van der Waals surface area contributed by atoms with Crippen LogP contribution in [0.15, 0.2) is 97.3 Å². The molecule has 0 amide bonds. The van der Waals surface area contributed by atoms with Crippen LogP contribution in [0, 0.1) is 0 Å². The molecular formula is C24H16N2. The molecule has 0 unspecified atom stereocenters. The molecule has 0 spiro atoms. The summed E-state index contributed by atoms with van der Waals surface area (Å²) >= 11 is 0. The molecule has 5 rings (SSSR count). The summed E-state index contributed by atoms with van der Waals surface area (Å²) in [4.78, 5) is 9.39. The summed E-state index contributed by atoms with van der Waals surface area (Å²) in [6.07, 6.45) is 3.79. The molecule has 0 saturated carbocycles. The Kier molecular flexibility index (Phi) is 3.46. The molecule has 3 aromatic carbocycles. The van der Waals surface area contributed by atoms with Crippen molar-refractivity contribution in [2.24, 2.45) is 0 Å². The Morgan fingerprint density at radius 3 is 2.23 bits per heavy atom. The minimum Gasteiger partial charge on any atom is -0.255 e. The van der Waals surface area contributed by atoms with E-state index in [0.29, 0.717) is 0 Å². The third-order valence-electron chi connectivity index (χ3n) is 4.77. The highest BCUT2D eigenvalue weighted by molar-refractivity contribution is 6.16. The highest BCUT2D eigenvalue weighted by Crippen LogP contribution is 2.37. The van der Waals surface area contributed by atoms with Crippen LogP contribution >= 0.6 is 0 Å². The summed E-state index contributed by atoms with van der Waals surface area (Å²) in [7, 11) is 0. The molecule has 5 aromatic rings. The topological polar surface area (TPSA) is 25.8 Å². The summed E-state index contributed by atoms with van der Waals surface area (Å²) in [5, 5.41) is 4.77. The van der Waals surface area contributed by atoms with E-state index < -0.39 is 0 Å². The Balaban J connectivity index is 1.94. The lowest BCUT2D eigenvalue weighted by atomic mass is 9.94. The van der Waals surface area contributed by atoms with E-state index >= 15 is 0 Å². The van der Waals surface area contributed by atoms with Gasteiger partial charge < -0.3 is 0 Å². The molecule has 2 aromatic heterocycles. The Hall–Kier alpha value is -3.52. The van der Waals surface area contributed by atoms with Crippen molar-refractivity contribution in [2.75, 3.05) is 0 Å². The van der Waals surface area contributed by atoms with Crippen molar-refractivity contribution in [1.29, 1.82) is 0 Å². The zero-order valence-corrected chi connectivity index (χ0v) is 14.1. The van der Waals surface area contributed by atoms with Crippen molar-refractivity contribution >= 4 is 21.5 Å². The van der Waals surface area contributed by atoms with E-state index in [1.54, 1.807) is 0 Å². The van der Waals surface area contributed by atoms with E-state index in [0.717, 1.165) is 22.3 Å². The van der Waals surface area contributed by atoms with Crippen LogP contribution in [0.4, 0.5) is 0 Å². The van der Waals surface area contributed by atoms with Crippen LogP contribution in [0.3, 0.4) is 0 Å². The highest BCUT2D eigenvalue weighted by atomic mass is 14.8. The van der Waals surface area contributed by atoms with E-state index in [1.165, 1.54) is 21.7 Å². The molecule has 122 valence electrons. The normalized spacial score (nSPS) is 11.1. The van der Waals surface area contributed by atoms with Gasteiger partial charge in [0.2, 0.25) is 0 Å². The second-order valence-electron chi connectivity index (χ2n) is 6.31. The number of aromatic nitrogens is 2. The number of nitrogens with zero attached hydrogens (tertiary/aromatic N) is 2. The van der Waals surface area contributed by atoms with Crippen molar-refractivity contribution in [3.63, 3.8) is 0 Å². The van der Waals surface area contributed by atoms with Gasteiger partial charge in [-0.2, -0.15) is 0 Å². The maximum Gasteiger partial charge on any atom is 0.0971 e. The number of rotatable bonds is 2. The SMILES string of the molecule is c1ccc(-c2cnc(-c3ccccn3)c3c2ccc2ccccc23)cc1. The quantitative estimate of drug-likeness (QED) is 0.364. The molecule has 0 N–H and O–H groups in total. The molecule has 0 aliphatic heterocycles. The summed E-state index contributed by atoms with van der Waals surface area (Å²) in [6.45, 7) is 0. The van der Waals surface area contributed by atoms with Gasteiger partial charge in [-0.15, -0.1) is 0 Å². The predicted molar refractivity (Wildman–Crippen MR) is 108 cm³/mol. The number of benzene rings is 3. The molecule has 0 aliphatic carbocycles. The summed E-state index contributed by atoms with van der Waals surface area (Å²) in [5.41, 5.74) is 4.14. The molecule has 2 nitrogen and oxygen atoms in total. The van der Waals surface area contributed by atoms with E-state index in [9.17, 15) is 0 Å². The molecule has 2 heterocycles. The monoisotopic (exact) mass is 332 g/mol. The molecule has 0 radical (unpaired) electrons. The Morgan fingerprint density at radius 1 is 0.577 bits per heavy atom. The van der Waals surface area contributed by atoms with Gasteiger partial charge in [-0.3, -0.25) is 9.97 Å². The van der Waals surface area contributed by atoms with Crippen molar-refractivity contribution in [2.45, 2.75) is 0 Å². The van der Waals surface area contributed by atoms with Crippen LogP contribution in [0.2, 0.25) is 0 Å². The van der Waals surface area contributed by atoms with Gasteiger partial charge >= 0.3 is 0 Å². The van der Waals surface area contributed by atoms with Crippen molar-refractivity contribution < 1.29 is 0 Å². The minimum atomic E-state index is 0.897. The van der Waals surface area contributed by atoms with Gasteiger partial charge in [0.15, 0.2) is 0 Å². The Bertz CT molecular complexity index is 1210. The lowest BCUT2D eigenvalue weighted by Gasteiger charge is -2.13. The average molecular weight is 332 g/mol. The van der Waals surface area contributed by atoms with Gasteiger partial charge in [-0.05, 0) is 33.9 Å². The van der Waals surface area contributed by atoms with Gasteiger partial charge in [0, 0.05) is 23.3 Å². The van der Waals surface area contributed by atoms with E-state index in [1.807, 2.05) is 36.7 Å². The highest BCUT2D eigenvalue weighted by Gasteiger charge is 2.14. The third-order valence-corrected chi connectivity index (χ3v) is 4.77. The van der Waals surface area contributed by atoms with Gasteiger partial charge in [0.05, 0.1) is 11.4 Å². The fraction of sp³-hybridized carbons (Fsp3) is 0. The second kappa shape index (κ2) is 6.08. The van der Waals surface area contributed by atoms with Crippen LogP contribution < -0.4 is 0 Å². The van der Waals surface area contributed by atoms with Gasteiger partial charge in [0.1, 0.15) is 0 Å². The van der Waals surface area contributed by atoms with Gasteiger partial charge in [-0.25, -0.2) is 0 Å². The molecule has 26 heavy (non-hydrogen) atoms. The minimum absolute atomic E-state index is 0.897. The molecule has 0 bridgehead atoms. The first kappa shape index (κ1) is 14.8. The third kappa shape index (κ3) is 2.35. The molecular weight excluding hydrogens is 316 g/mol. The number of fused-ring (bicyclic) bond motifs is 3. The van der Waals surface area contributed by atoms with Crippen molar-refractivity contribution in [1.82, 2.24) is 9.97 Å². The standard InChI is InChI=1S/C24H16N2/c1-2-8-17(9-3-1)21-16-26-24(22-12-6-7-15-25-22)23-19-11-5-4-10-18(19)13-14-20(21)23/h1-16H. The van der Waals surface area contributed by atoms with Crippen LogP contribution in [0.5, 0.6) is 0 Å². The van der Waals surface area contributed by atoms with Crippen LogP contribution in [0.1, 0.15) is 0 Å². The molecule has 0 atom stereocenters. The van der Waals surface area contributed by atoms with E-state index in [2.05, 4.69) is 65.6 Å². The summed E-state index contributed by atoms with van der Waals surface area (Å²) in [6, 6.07) is 29.2. The molecule has 0 saturated heterocycles. The van der Waals surface area contributed by atoms with Gasteiger partial charge in [0.25, 0.3) is 0 Å². The van der Waals surface area contributed by atoms with Crippen LogP contribution in [-0.4, -0.2) is 9.97 Å². The van der Waals surface area contributed by atoms with Crippen molar-refractivity contribution in [3.05, 3.63) is 97.3 Å². The predicted octanol–water partition coefficient (Wildman–Crippen LogP) is 6.12. The lowest BCUT2D eigenvalue weighted by molar-refractivity contribution is 1.27. The Labute approximate surface area is 151 Å². The first-order valence-corrected chi connectivity index (χ1v) is 8.69. The molecule has 2 heteroatoms. The smallest absolute Gasteiger partial charge is 0.0971 e. The number of hydrogen-bond donors (Lipinski definition) is 0. The second-order valence-corrected chi connectivity index (χ2v) is 6.31. The zero-order valence-electron chi connectivity index (χ0n) is 14.1. The molecule has 0 fully saturated rings. The van der Waals surface area contributed by atoms with Crippen molar-refractivity contribution in [3.8, 4) is 22.5 Å². The summed E-state index contributed by atoms with van der Waals surface area (Å²) < 4.78 is 0. The summed E-state index contributed by atoms with van der Waals surface area (Å²) in [5.74, 6) is 0. The number of hydrogen-bond acceptors (Lipinski definition) is 2. The lowest BCUT2D eigenvalue weighted by Crippen LogP contribution is -1.93. The van der Waals surface area contributed by atoms with E-state index in [4.69, 9.17) is 4.98 Å².